The van der Waals surface area contributed by atoms with Crippen molar-refractivity contribution in [3.8, 4) is 6.07 Å². The van der Waals surface area contributed by atoms with Gasteiger partial charge in [-0.3, -0.25) is 4.98 Å². The van der Waals surface area contributed by atoms with Crippen LogP contribution in [0.3, 0.4) is 0 Å². The third-order valence-corrected chi connectivity index (χ3v) is 2.01. The van der Waals surface area contributed by atoms with Crippen LogP contribution in [-0.2, 0) is 0 Å². The third kappa shape index (κ3) is 1.47. The molecule has 2 aromatic rings. The highest BCUT2D eigenvalue weighted by Gasteiger charge is 1.97. The van der Waals surface area contributed by atoms with Gasteiger partial charge in [-0.25, -0.2) is 0 Å². The lowest BCUT2D eigenvalue weighted by molar-refractivity contribution is 1.37. The minimum absolute atomic E-state index is 0.565. The molecule has 0 atom stereocenters. The Bertz CT molecular complexity index is 500. The van der Waals surface area contributed by atoms with Crippen LogP contribution in [0, 0.1) is 11.3 Å². The monoisotopic (exact) mass is 188 g/mol. The van der Waals surface area contributed by atoms with E-state index in [0.29, 0.717) is 10.6 Å². The fraction of sp³-hybridized carbons (Fsp3) is 0. The van der Waals surface area contributed by atoms with Crippen LogP contribution in [0.2, 0.25) is 5.02 Å². The van der Waals surface area contributed by atoms with Crippen LogP contribution in [0.25, 0.3) is 10.9 Å². The Morgan fingerprint density at radius 2 is 2.15 bits per heavy atom. The van der Waals surface area contributed by atoms with Gasteiger partial charge in [0.25, 0.3) is 0 Å². The summed E-state index contributed by atoms with van der Waals surface area (Å²) in [6.45, 7) is 0. The molecule has 0 aliphatic heterocycles. The lowest BCUT2D eigenvalue weighted by atomic mass is 10.2. The highest BCUT2D eigenvalue weighted by molar-refractivity contribution is 6.31. The van der Waals surface area contributed by atoms with Gasteiger partial charge in [0.05, 0.1) is 11.1 Å². The third-order valence-electron chi connectivity index (χ3n) is 1.78. The summed E-state index contributed by atoms with van der Waals surface area (Å²) in [5, 5.41) is 10.2. The van der Waals surface area contributed by atoms with Crippen LogP contribution in [-0.4, -0.2) is 4.98 Å². The molecule has 13 heavy (non-hydrogen) atoms. The van der Waals surface area contributed by atoms with Crippen molar-refractivity contribution in [3.05, 3.63) is 41.0 Å². The SMILES string of the molecule is N#Cc1cnc2cc(Cl)ccc2c1. The molecule has 2 nitrogen and oxygen atoms in total. The van der Waals surface area contributed by atoms with E-state index in [1.165, 1.54) is 0 Å². The van der Waals surface area contributed by atoms with Crippen molar-refractivity contribution in [2.24, 2.45) is 0 Å². The highest BCUT2D eigenvalue weighted by atomic mass is 35.5. The zero-order chi connectivity index (χ0) is 9.26. The van der Waals surface area contributed by atoms with Crippen molar-refractivity contribution >= 4 is 22.5 Å². The molecule has 0 aliphatic carbocycles. The molecule has 1 aromatic heterocycles. The standard InChI is InChI=1S/C10H5ClN2/c11-9-2-1-8-3-7(5-12)6-13-10(8)4-9/h1-4,6H. The molecule has 0 bridgehead atoms. The van der Waals surface area contributed by atoms with Crippen LogP contribution in [0.1, 0.15) is 5.56 Å². The second-order valence-corrected chi connectivity index (χ2v) is 3.11. The molecule has 0 unspecified atom stereocenters. The van der Waals surface area contributed by atoms with Gasteiger partial charge in [0.15, 0.2) is 0 Å². The van der Waals surface area contributed by atoms with Gasteiger partial charge in [0, 0.05) is 16.6 Å². The van der Waals surface area contributed by atoms with E-state index < -0.39 is 0 Å². The van der Waals surface area contributed by atoms with E-state index in [-0.39, 0.29) is 0 Å². The molecule has 0 radical (unpaired) electrons. The van der Waals surface area contributed by atoms with Crippen LogP contribution in [0.15, 0.2) is 30.5 Å². The largest absolute Gasteiger partial charge is 0.255 e. The maximum absolute atomic E-state index is 8.64. The van der Waals surface area contributed by atoms with Crippen molar-refractivity contribution in [1.82, 2.24) is 4.98 Å². The zero-order valence-corrected chi connectivity index (χ0v) is 7.42. The number of benzene rings is 1. The molecular weight excluding hydrogens is 184 g/mol. The molecule has 0 saturated carbocycles. The minimum atomic E-state index is 0.565. The first-order valence-electron chi connectivity index (χ1n) is 3.75. The summed E-state index contributed by atoms with van der Waals surface area (Å²) in [6.07, 6.45) is 1.54. The van der Waals surface area contributed by atoms with Gasteiger partial charge in [-0.05, 0) is 18.2 Å². The van der Waals surface area contributed by atoms with E-state index in [4.69, 9.17) is 16.9 Å². The Morgan fingerprint density at radius 3 is 2.92 bits per heavy atom. The molecule has 0 aliphatic rings. The first-order valence-corrected chi connectivity index (χ1v) is 4.13. The molecule has 0 amide bonds. The van der Waals surface area contributed by atoms with Crippen LogP contribution < -0.4 is 0 Å². The summed E-state index contributed by atoms with van der Waals surface area (Å²) >= 11 is 5.79. The van der Waals surface area contributed by atoms with Crippen molar-refractivity contribution in [3.63, 3.8) is 0 Å². The number of fused-ring (bicyclic) bond motifs is 1. The second-order valence-electron chi connectivity index (χ2n) is 2.67. The molecular formula is C10H5ClN2. The highest BCUT2D eigenvalue weighted by Crippen LogP contribution is 2.17. The van der Waals surface area contributed by atoms with Crippen molar-refractivity contribution in [2.75, 3.05) is 0 Å². The predicted molar refractivity (Wildman–Crippen MR) is 51.5 cm³/mol. The summed E-state index contributed by atoms with van der Waals surface area (Å²) in [5.41, 5.74) is 1.38. The van der Waals surface area contributed by atoms with Crippen LogP contribution in [0.5, 0.6) is 0 Å². The van der Waals surface area contributed by atoms with E-state index >= 15 is 0 Å². The summed E-state index contributed by atoms with van der Waals surface area (Å²) in [4.78, 5) is 4.11. The summed E-state index contributed by atoms with van der Waals surface area (Å²) in [7, 11) is 0. The lowest BCUT2D eigenvalue weighted by Crippen LogP contribution is -1.81. The van der Waals surface area contributed by atoms with Crippen molar-refractivity contribution < 1.29 is 0 Å². The van der Waals surface area contributed by atoms with E-state index in [2.05, 4.69) is 4.98 Å². The minimum Gasteiger partial charge on any atom is -0.255 e. The van der Waals surface area contributed by atoms with Gasteiger partial charge < -0.3 is 0 Å². The topological polar surface area (TPSA) is 36.7 Å². The molecule has 0 N–H and O–H groups in total. The molecule has 0 spiro atoms. The van der Waals surface area contributed by atoms with Crippen molar-refractivity contribution in [2.45, 2.75) is 0 Å². The fourth-order valence-corrected chi connectivity index (χ4v) is 1.32. The Hall–Kier alpha value is -1.59. The fourth-order valence-electron chi connectivity index (χ4n) is 1.16. The van der Waals surface area contributed by atoms with E-state index in [0.717, 1.165) is 10.9 Å². The van der Waals surface area contributed by atoms with Crippen LogP contribution >= 0.6 is 11.6 Å². The van der Waals surface area contributed by atoms with E-state index in [1.54, 1.807) is 24.4 Å². The van der Waals surface area contributed by atoms with Gasteiger partial charge in [0.2, 0.25) is 0 Å². The smallest absolute Gasteiger partial charge is 0.101 e. The number of nitrogens with zero attached hydrogens (tertiary/aromatic N) is 2. The lowest BCUT2D eigenvalue weighted by Gasteiger charge is -1.96. The first kappa shape index (κ1) is 8.03. The normalized spacial score (nSPS) is 9.85. The predicted octanol–water partition coefficient (Wildman–Crippen LogP) is 2.76. The average molecular weight is 189 g/mol. The van der Waals surface area contributed by atoms with Gasteiger partial charge in [0.1, 0.15) is 6.07 Å². The number of hydrogen-bond donors (Lipinski definition) is 0. The number of hydrogen-bond acceptors (Lipinski definition) is 2. The summed E-state index contributed by atoms with van der Waals surface area (Å²) < 4.78 is 0. The molecule has 3 heteroatoms. The molecule has 2 rings (SSSR count). The zero-order valence-electron chi connectivity index (χ0n) is 6.66. The van der Waals surface area contributed by atoms with Gasteiger partial charge in [-0.2, -0.15) is 5.26 Å². The molecule has 0 saturated heterocycles. The number of rotatable bonds is 0. The maximum Gasteiger partial charge on any atom is 0.101 e. The number of nitriles is 1. The van der Waals surface area contributed by atoms with Crippen LogP contribution in [0.4, 0.5) is 0 Å². The quantitative estimate of drug-likeness (QED) is 0.638. The Balaban J connectivity index is 2.75. The average Bonchev–Trinajstić information content (AvgIpc) is 2.17. The molecule has 1 heterocycles. The second kappa shape index (κ2) is 3.04. The van der Waals surface area contributed by atoms with Gasteiger partial charge >= 0.3 is 0 Å². The molecule has 0 fully saturated rings. The first-order chi connectivity index (χ1) is 6.29. The summed E-state index contributed by atoms with van der Waals surface area (Å²) in [5.74, 6) is 0. The van der Waals surface area contributed by atoms with Gasteiger partial charge in [-0.15, -0.1) is 0 Å². The van der Waals surface area contributed by atoms with Crippen molar-refractivity contribution in [1.29, 1.82) is 5.26 Å². The Labute approximate surface area is 80.4 Å². The Morgan fingerprint density at radius 1 is 1.31 bits per heavy atom. The number of aromatic nitrogens is 1. The number of halogens is 1. The maximum atomic E-state index is 8.64. The van der Waals surface area contributed by atoms with E-state index in [9.17, 15) is 0 Å². The molecule has 62 valence electrons. The Kier molecular flexibility index (Phi) is 1.88. The summed E-state index contributed by atoms with van der Waals surface area (Å²) in [6, 6.07) is 9.24. The molecule has 1 aromatic carbocycles. The van der Waals surface area contributed by atoms with Gasteiger partial charge in [-0.1, -0.05) is 17.7 Å². The van der Waals surface area contributed by atoms with E-state index in [1.807, 2.05) is 12.1 Å². The number of pyridine rings is 1.